The molecule has 0 aromatic heterocycles. The molecule has 1 unspecified atom stereocenters. The Morgan fingerprint density at radius 2 is 2.24 bits per heavy atom. The molecular formula is C14H18O3. The highest BCUT2D eigenvalue weighted by Crippen LogP contribution is 2.21. The number of carbonyl (C=O) groups excluding carboxylic acids is 1. The van der Waals surface area contributed by atoms with E-state index in [9.17, 15) is 9.90 Å². The Kier molecular flexibility index (Phi) is 4.91. The highest BCUT2D eigenvalue weighted by molar-refractivity contribution is 5.89. The summed E-state index contributed by atoms with van der Waals surface area (Å²) in [5, 5.41) is 9.98. The number of aliphatic hydroxyl groups excluding tert-OH is 1. The van der Waals surface area contributed by atoms with Crippen LogP contribution in [0, 0.1) is 6.92 Å². The second-order valence-electron chi connectivity index (χ2n) is 3.98. The van der Waals surface area contributed by atoms with E-state index in [0.717, 1.165) is 12.0 Å². The van der Waals surface area contributed by atoms with Gasteiger partial charge in [-0.1, -0.05) is 43.3 Å². The molecule has 3 heteroatoms. The zero-order chi connectivity index (χ0) is 12.8. The van der Waals surface area contributed by atoms with Crippen molar-refractivity contribution in [2.24, 2.45) is 0 Å². The van der Waals surface area contributed by atoms with Gasteiger partial charge in [0, 0.05) is 0 Å². The summed E-state index contributed by atoms with van der Waals surface area (Å²) in [6, 6.07) is 7.34. The number of aryl methyl sites for hydroxylation is 1. The Morgan fingerprint density at radius 3 is 2.82 bits per heavy atom. The van der Waals surface area contributed by atoms with Crippen LogP contribution in [0.25, 0.3) is 0 Å². The standard InChI is InChI=1S/C14H18O3/c1-4-8-17-14(16)11(3)13(15)12-7-5-6-10(2)9-12/h5-7,9,13,15H,3-4,8H2,1-2H3. The van der Waals surface area contributed by atoms with Gasteiger partial charge in [0.05, 0.1) is 12.2 Å². The molecule has 1 rings (SSSR count). The van der Waals surface area contributed by atoms with E-state index in [0.29, 0.717) is 12.2 Å². The molecular weight excluding hydrogens is 216 g/mol. The normalized spacial score (nSPS) is 11.9. The van der Waals surface area contributed by atoms with Gasteiger partial charge < -0.3 is 9.84 Å². The maximum atomic E-state index is 11.5. The molecule has 0 heterocycles. The molecule has 1 atom stereocenters. The van der Waals surface area contributed by atoms with Crippen LogP contribution in [0.15, 0.2) is 36.4 Å². The zero-order valence-electron chi connectivity index (χ0n) is 10.3. The summed E-state index contributed by atoms with van der Waals surface area (Å²) in [4.78, 5) is 11.5. The number of hydrogen-bond acceptors (Lipinski definition) is 3. The summed E-state index contributed by atoms with van der Waals surface area (Å²) in [6.07, 6.45) is -0.251. The first-order valence-corrected chi connectivity index (χ1v) is 5.66. The Labute approximate surface area is 102 Å². The van der Waals surface area contributed by atoms with Gasteiger partial charge in [0.25, 0.3) is 0 Å². The van der Waals surface area contributed by atoms with E-state index in [1.54, 1.807) is 6.07 Å². The van der Waals surface area contributed by atoms with Crippen molar-refractivity contribution in [1.29, 1.82) is 0 Å². The van der Waals surface area contributed by atoms with Crippen molar-refractivity contribution in [3.8, 4) is 0 Å². The number of carbonyl (C=O) groups is 1. The van der Waals surface area contributed by atoms with Crippen LogP contribution in [0.3, 0.4) is 0 Å². The predicted molar refractivity (Wildman–Crippen MR) is 66.5 cm³/mol. The number of ether oxygens (including phenoxy) is 1. The molecule has 0 saturated carbocycles. The van der Waals surface area contributed by atoms with E-state index >= 15 is 0 Å². The topological polar surface area (TPSA) is 46.5 Å². The highest BCUT2D eigenvalue weighted by Gasteiger charge is 2.19. The average molecular weight is 234 g/mol. The number of aliphatic hydroxyl groups is 1. The van der Waals surface area contributed by atoms with E-state index in [1.807, 2.05) is 32.0 Å². The highest BCUT2D eigenvalue weighted by atomic mass is 16.5. The lowest BCUT2D eigenvalue weighted by atomic mass is 10.0. The molecule has 0 fully saturated rings. The van der Waals surface area contributed by atoms with Gasteiger partial charge in [-0.3, -0.25) is 0 Å². The molecule has 1 N–H and O–H groups in total. The molecule has 1 aromatic rings. The molecule has 0 radical (unpaired) electrons. The summed E-state index contributed by atoms with van der Waals surface area (Å²) in [7, 11) is 0. The number of esters is 1. The first-order chi connectivity index (χ1) is 8.06. The third kappa shape index (κ3) is 3.71. The van der Waals surface area contributed by atoms with Crippen molar-refractivity contribution in [3.05, 3.63) is 47.5 Å². The molecule has 0 spiro atoms. The fraction of sp³-hybridized carbons (Fsp3) is 0.357. The molecule has 1 aromatic carbocycles. The van der Waals surface area contributed by atoms with E-state index in [-0.39, 0.29) is 5.57 Å². The first kappa shape index (κ1) is 13.5. The molecule has 0 aliphatic rings. The molecule has 3 nitrogen and oxygen atoms in total. The van der Waals surface area contributed by atoms with Crippen LogP contribution >= 0.6 is 0 Å². The van der Waals surface area contributed by atoms with Gasteiger partial charge in [0.2, 0.25) is 0 Å². The van der Waals surface area contributed by atoms with Gasteiger partial charge in [0.1, 0.15) is 6.10 Å². The van der Waals surface area contributed by atoms with Crippen molar-refractivity contribution in [2.75, 3.05) is 6.61 Å². The summed E-state index contributed by atoms with van der Waals surface area (Å²) in [5.41, 5.74) is 1.75. The Morgan fingerprint density at radius 1 is 1.53 bits per heavy atom. The maximum Gasteiger partial charge on any atom is 0.336 e. The quantitative estimate of drug-likeness (QED) is 0.629. The summed E-state index contributed by atoms with van der Waals surface area (Å²) in [6.45, 7) is 7.77. The van der Waals surface area contributed by atoms with Crippen molar-refractivity contribution < 1.29 is 14.6 Å². The van der Waals surface area contributed by atoms with Crippen LogP contribution in [-0.4, -0.2) is 17.7 Å². The minimum absolute atomic E-state index is 0.0732. The maximum absolute atomic E-state index is 11.5. The monoisotopic (exact) mass is 234 g/mol. The van der Waals surface area contributed by atoms with Gasteiger partial charge in [0.15, 0.2) is 0 Å². The molecule has 0 bridgehead atoms. The van der Waals surface area contributed by atoms with Crippen LogP contribution < -0.4 is 0 Å². The minimum atomic E-state index is -1.00. The predicted octanol–water partition coefficient (Wildman–Crippen LogP) is 2.54. The number of benzene rings is 1. The minimum Gasteiger partial charge on any atom is -0.462 e. The molecule has 0 saturated heterocycles. The van der Waals surface area contributed by atoms with Gasteiger partial charge in [-0.05, 0) is 18.9 Å². The van der Waals surface area contributed by atoms with Crippen molar-refractivity contribution in [1.82, 2.24) is 0 Å². The summed E-state index contributed by atoms with van der Waals surface area (Å²) >= 11 is 0. The van der Waals surface area contributed by atoms with Crippen molar-refractivity contribution >= 4 is 5.97 Å². The van der Waals surface area contributed by atoms with Crippen LogP contribution in [-0.2, 0) is 9.53 Å². The van der Waals surface area contributed by atoms with Gasteiger partial charge in [-0.25, -0.2) is 4.79 Å². The largest absolute Gasteiger partial charge is 0.462 e. The fourth-order valence-corrected chi connectivity index (χ4v) is 1.44. The number of rotatable bonds is 5. The second kappa shape index (κ2) is 6.21. The zero-order valence-corrected chi connectivity index (χ0v) is 10.3. The lowest BCUT2D eigenvalue weighted by Gasteiger charge is -2.13. The van der Waals surface area contributed by atoms with Gasteiger partial charge in [-0.15, -0.1) is 0 Å². The van der Waals surface area contributed by atoms with E-state index < -0.39 is 12.1 Å². The van der Waals surface area contributed by atoms with Crippen LogP contribution in [0.1, 0.15) is 30.6 Å². The fourth-order valence-electron chi connectivity index (χ4n) is 1.44. The summed E-state index contributed by atoms with van der Waals surface area (Å²) < 4.78 is 4.93. The van der Waals surface area contributed by atoms with E-state index in [1.165, 1.54) is 0 Å². The number of hydrogen-bond donors (Lipinski definition) is 1. The van der Waals surface area contributed by atoms with Gasteiger partial charge in [-0.2, -0.15) is 0 Å². The van der Waals surface area contributed by atoms with Gasteiger partial charge >= 0.3 is 5.97 Å². The molecule has 0 aliphatic heterocycles. The molecule has 0 amide bonds. The van der Waals surface area contributed by atoms with E-state index in [2.05, 4.69) is 6.58 Å². The second-order valence-corrected chi connectivity index (χ2v) is 3.98. The SMILES string of the molecule is C=C(C(=O)OCCC)C(O)c1cccc(C)c1. The first-order valence-electron chi connectivity index (χ1n) is 5.66. The molecule has 92 valence electrons. The smallest absolute Gasteiger partial charge is 0.336 e. The Hall–Kier alpha value is -1.61. The van der Waals surface area contributed by atoms with Crippen molar-refractivity contribution in [3.63, 3.8) is 0 Å². The van der Waals surface area contributed by atoms with Crippen molar-refractivity contribution in [2.45, 2.75) is 26.4 Å². The molecule has 0 aliphatic carbocycles. The summed E-state index contributed by atoms with van der Waals surface area (Å²) in [5.74, 6) is -0.541. The Balaban J connectivity index is 2.72. The molecule has 17 heavy (non-hydrogen) atoms. The van der Waals surface area contributed by atoms with Crippen LogP contribution in [0.5, 0.6) is 0 Å². The average Bonchev–Trinajstić information content (AvgIpc) is 2.34. The Bertz CT molecular complexity index is 410. The lowest BCUT2D eigenvalue weighted by molar-refractivity contribution is -0.140. The third-order valence-electron chi connectivity index (χ3n) is 2.39. The third-order valence-corrected chi connectivity index (χ3v) is 2.39. The van der Waals surface area contributed by atoms with Crippen LogP contribution in [0.4, 0.5) is 0 Å². The van der Waals surface area contributed by atoms with E-state index in [4.69, 9.17) is 4.74 Å². The lowest BCUT2D eigenvalue weighted by Crippen LogP contribution is -2.14. The van der Waals surface area contributed by atoms with Crippen LogP contribution in [0.2, 0.25) is 0 Å².